The molecule has 2 aromatic carbocycles. The molecular weight excluding hydrogens is 336 g/mol. The molecule has 0 unspecified atom stereocenters. The van der Waals surface area contributed by atoms with Crippen LogP contribution in [-0.2, 0) is 11.3 Å². The van der Waals surface area contributed by atoms with Gasteiger partial charge in [-0.25, -0.2) is 4.79 Å². The van der Waals surface area contributed by atoms with Crippen LogP contribution in [0.25, 0.3) is 5.69 Å². The van der Waals surface area contributed by atoms with E-state index in [9.17, 15) is 9.59 Å². The average molecular weight is 352 g/mol. The number of carbonyl (C=O) groups excluding carboxylic acids is 2. The average Bonchev–Trinajstić information content (AvgIpc) is 3.10. The number of nitrogens with zero attached hydrogens (tertiary/aromatic N) is 4. The molecular formula is C17H16N6O3. The second-order valence-corrected chi connectivity index (χ2v) is 5.24. The zero-order valence-electron chi connectivity index (χ0n) is 13.9. The van der Waals surface area contributed by atoms with Crippen LogP contribution in [-0.4, -0.2) is 32.2 Å². The van der Waals surface area contributed by atoms with Crippen LogP contribution in [0.4, 0.5) is 10.5 Å². The molecule has 0 aliphatic heterocycles. The highest BCUT2D eigenvalue weighted by molar-refractivity contribution is 5.91. The van der Waals surface area contributed by atoms with Gasteiger partial charge < -0.3 is 15.4 Å². The summed E-state index contributed by atoms with van der Waals surface area (Å²) >= 11 is 0. The SMILES string of the molecule is CC(=O)Oc1ccccc1NC(=O)NCc1nnnn1-c1ccccc1. The first-order chi connectivity index (χ1) is 12.6. The monoisotopic (exact) mass is 352 g/mol. The van der Waals surface area contributed by atoms with Gasteiger partial charge >= 0.3 is 12.0 Å². The Morgan fingerprint density at radius 2 is 1.81 bits per heavy atom. The van der Waals surface area contributed by atoms with Crippen LogP contribution in [0.3, 0.4) is 0 Å². The van der Waals surface area contributed by atoms with Crippen molar-refractivity contribution in [2.75, 3.05) is 5.32 Å². The van der Waals surface area contributed by atoms with Crippen molar-refractivity contribution in [1.29, 1.82) is 0 Å². The van der Waals surface area contributed by atoms with Crippen molar-refractivity contribution in [1.82, 2.24) is 25.5 Å². The minimum absolute atomic E-state index is 0.115. The number of amides is 2. The number of rotatable bonds is 5. The number of anilines is 1. The number of aromatic nitrogens is 4. The van der Waals surface area contributed by atoms with Crippen molar-refractivity contribution in [2.45, 2.75) is 13.5 Å². The summed E-state index contributed by atoms with van der Waals surface area (Å²) in [5.74, 6) is 0.269. The summed E-state index contributed by atoms with van der Waals surface area (Å²) in [6.07, 6.45) is 0. The summed E-state index contributed by atoms with van der Waals surface area (Å²) in [6, 6.07) is 15.5. The summed E-state index contributed by atoms with van der Waals surface area (Å²) in [4.78, 5) is 23.3. The lowest BCUT2D eigenvalue weighted by Gasteiger charge is -2.11. The van der Waals surface area contributed by atoms with Crippen molar-refractivity contribution >= 4 is 17.7 Å². The van der Waals surface area contributed by atoms with Crippen LogP contribution < -0.4 is 15.4 Å². The number of tetrazole rings is 1. The Labute approximate surface area is 149 Å². The summed E-state index contributed by atoms with van der Waals surface area (Å²) < 4.78 is 6.59. The molecule has 0 bridgehead atoms. The number of carbonyl (C=O) groups is 2. The molecule has 26 heavy (non-hydrogen) atoms. The van der Waals surface area contributed by atoms with Crippen LogP contribution in [0.15, 0.2) is 54.6 Å². The van der Waals surface area contributed by atoms with Gasteiger partial charge in [-0.1, -0.05) is 30.3 Å². The van der Waals surface area contributed by atoms with Gasteiger partial charge in [0.15, 0.2) is 11.6 Å². The molecule has 0 aliphatic rings. The highest BCUT2D eigenvalue weighted by Crippen LogP contribution is 2.23. The van der Waals surface area contributed by atoms with E-state index in [1.807, 2.05) is 30.3 Å². The molecule has 0 spiro atoms. The number of esters is 1. The highest BCUT2D eigenvalue weighted by atomic mass is 16.5. The van der Waals surface area contributed by atoms with E-state index in [2.05, 4.69) is 26.2 Å². The first-order valence-corrected chi connectivity index (χ1v) is 7.78. The molecule has 9 heteroatoms. The van der Waals surface area contributed by atoms with Crippen molar-refractivity contribution in [3.05, 3.63) is 60.4 Å². The lowest BCUT2D eigenvalue weighted by Crippen LogP contribution is -2.29. The largest absolute Gasteiger partial charge is 0.424 e. The van der Waals surface area contributed by atoms with Crippen molar-refractivity contribution in [2.24, 2.45) is 0 Å². The van der Waals surface area contributed by atoms with Crippen LogP contribution in [0.2, 0.25) is 0 Å². The molecule has 0 radical (unpaired) electrons. The normalized spacial score (nSPS) is 10.2. The fourth-order valence-corrected chi connectivity index (χ4v) is 2.23. The summed E-state index contributed by atoms with van der Waals surface area (Å²) in [5.41, 5.74) is 1.16. The number of nitrogens with one attached hydrogen (secondary N) is 2. The van der Waals surface area contributed by atoms with E-state index in [4.69, 9.17) is 4.74 Å². The highest BCUT2D eigenvalue weighted by Gasteiger charge is 2.12. The van der Waals surface area contributed by atoms with E-state index < -0.39 is 12.0 Å². The Kier molecular flexibility index (Phi) is 5.18. The third-order valence-corrected chi connectivity index (χ3v) is 3.33. The van der Waals surface area contributed by atoms with Gasteiger partial charge in [0, 0.05) is 6.92 Å². The number of benzene rings is 2. The Bertz CT molecular complexity index is 910. The first-order valence-electron chi connectivity index (χ1n) is 7.78. The molecule has 1 aromatic heterocycles. The molecule has 2 amide bonds. The van der Waals surface area contributed by atoms with Crippen molar-refractivity contribution < 1.29 is 14.3 Å². The third-order valence-electron chi connectivity index (χ3n) is 3.33. The molecule has 1 heterocycles. The molecule has 3 rings (SSSR count). The second kappa shape index (κ2) is 7.88. The Morgan fingerprint density at radius 3 is 2.58 bits per heavy atom. The predicted octanol–water partition coefficient (Wildman–Crippen LogP) is 1.91. The molecule has 0 aliphatic carbocycles. The maximum atomic E-state index is 12.2. The van der Waals surface area contributed by atoms with E-state index in [0.29, 0.717) is 11.5 Å². The zero-order valence-corrected chi connectivity index (χ0v) is 13.9. The first kappa shape index (κ1) is 17.1. The lowest BCUT2D eigenvalue weighted by atomic mass is 10.3. The predicted molar refractivity (Wildman–Crippen MR) is 92.8 cm³/mol. The van der Waals surface area contributed by atoms with E-state index >= 15 is 0 Å². The van der Waals surface area contributed by atoms with Crippen LogP contribution in [0, 0.1) is 0 Å². The second-order valence-electron chi connectivity index (χ2n) is 5.24. The molecule has 0 atom stereocenters. The van der Waals surface area contributed by atoms with Gasteiger partial charge in [-0.3, -0.25) is 4.79 Å². The van der Waals surface area contributed by atoms with Crippen LogP contribution in [0.5, 0.6) is 5.75 Å². The smallest absolute Gasteiger partial charge is 0.319 e. The Hall–Kier alpha value is -3.75. The van der Waals surface area contributed by atoms with Crippen molar-refractivity contribution in [3.63, 3.8) is 0 Å². The standard InChI is InChI=1S/C17H16N6O3/c1-12(24)26-15-10-6-5-9-14(15)19-17(25)18-11-16-20-21-22-23(16)13-7-3-2-4-8-13/h2-10H,11H2,1H3,(H2,18,19,25). The van der Waals surface area contributed by atoms with Gasteiger partial charge in [-0.05, 0) is 34.7 Å². The van der Waals surface area contributed by atoms with Gasteiger partial charge in [0.05, 0.1) is 17.9 Å². The minimum Gasteiger partial charge on any atom is -0.424 e. The lowest BCUT2D eigenvalue weighted by molar-refractivity contribution is -0.131. The van der Waals surface area contributed by atoms with Gasteiger partial charge in [0.1, 0.15) is 0 Å². The van der Waals surface area contributed by atoms with Gasteiger partial charge in [-0.15, -0.1) is 5.10 Å². The fourth-order valence-electron chi connectivity index (χ4n) is 2.23. The Balaban J connectivity index is 1.64. The molecule has 0 saturated heterocycles. The number of hydrogen-bond acceptors (Lipinski definition) is 6. The van der Waals surface area contributed by atoms with Gasteiger partial charge in [0.25, 0.3) is 0 Å². The quantitative estimate of drug-likeness (QED) is 0.536. The molecule has 9 nitrogen and oxygen atoms in total. The molecule has 132 valence electrons. The molecule has 0 saturated carbocycles. The fraction of sp³-hybridized carbons (Fsp3) is 0.118. The number of para-hydroxylation sites is 3. The zero-order chi connectivity index (χ0) is 18.4. The maximum Gasteiger partial charge on any atom is 0.319 e. The summed E-state index contributed by atoms with van der Waals surface area (Å²) in [5, 5.41) is 16.8. The van der Waals surface area contributed by atoms with E-state index in [1.165, 1.54) is 11.6 Å². The van der Waals surface area contributed by atoms with Crippen LogP contribution in [0.1, 0.15) is 12.7 Å². The Morgan fingerprint density at radius 1 is 1.08 bits per heavy atom. The van der Waals surface area contributed by atoms with E-state index in [1.54, 1.807) is 24.3 Å². The molecule has 2 N–H and O–H groups in total. The van der Waals surface area contributed by atoms with Crippen molar-refractivity contribution in [3.8, 4) is 11.4 Å². The third kappa shape index (κ3) is 4.20. The van der Waals surface area contributed by atoms with E-state index in [0.717, 1.165) is 5.69 Å². The maximum absolute atomic E-state index is 12.2. The topological polar surface area (TPSA) is 111 Å². The van der Waals surface area contributed by atoms with Crippen LogP contribution >= 0.6 is 0 Å². The summed E-state index contributed by atoms with van der Waals surface area (Å²) in [7, 11) is 0. The molecule has 0 fully saturated rings. The number of urea groups is 1. The van der Waals surface area contributed by atoms with E-state index in [-0.39, 0.29) is 12.3 Å². The summed E-state index contributed by atoms with van der Waals surface area (Å²) in [6.45, 7) is 1.41. The molecule has 3 aromatic rings. The van der Waals surface area contributed by atoms with Gasteiger partial charge in [-0.2, -0.15) is 4.68 Å². The minimum atomic E-state index is -0.479. The van der Waals surface area contributed by atoms with Gasteiger partial charge in [0.2, 0.25) is 0 Å². The number of hydrogen-bond donors (Lipinski definition) is 2. The number of ether oxygens (including phenoxy) is 1.